The van der Waals surface area contributed by atoms with Gasteiger partial charge < -0.3 is 14.6 Å². The van der Waals surface area contributed by atoms with E-state index in [-0.39, 0.29) is 17.9 Å². The first-order valence-corrected chi connectivity index (χ1v) is 9.44. The number of imidazole rings is 1. The summed E-state index contributed by atoms with van der Waals surface area (Å²) >= 11 is 0. The van der Waals surface area contributed by atoms with E-state index in [4.69, 9.17) is 4.74 Å². The zero-order chi connectivity index (χ0) is 21.5. The third kappa shape index (κ3) is 4.72. The minimum absolute atomic E-state index is 0.0814. The van der Waals surface area contributed by atoms with E-state index >= 15 is 0 Å². The topological polar surface area (TPSA) is 99.3 Å². The number of rotatable bonds is 8. The van der Waals surface area contributed by atoms with Crippen molar-refractivity contribution < 1.29 is 14.5 Å². The predicted molar refractivity (Wildman–Crippen MR) is 115 cm³/mol. The van der Waals surface area contributed by atoms with Crippen molar-refractivity contribution in [3.05, 3.63) is 88.0 Å². The number of hydrogen-bond acceptors (Lipinski definition) is 6. The number of ether oxygens (including phenoxy) is 1. The first kappa shape index (κ1) is 20.8. The van der Waals surface area contributed by atoms with Gasteiger partial charge in [0.25, 0.3) is 5.69 Å². The Balaban J connectivity index is 2.05. The Morgan fingerprint density at radius 1 is 1.27 bits per heavy atom. The Morgan fingerprint density at radius 2 is 2.03 bits per heavy atom. The van der Waals surface area contributed by atoms with Crippen molar-refractivity contribution in [1.29, 1.82) is 0 Å². The summed E-state index contributed by atoms with van der Waals surface area (Å²) in [7, 11) is 1.61. The molecule has 0 unspecified atom stereocenters. The lowest BCUT2D eigenvalue weighted by Crippen LogP contribution is -2.12. The number of benzene rings is 2. The van der Waals surface area contributed by atoms with Crippen LogP contribution in [0.15, 0.2) is 60.9 Å². The van der Waals surface area contributed by atoms with Crippen LogP contribution in [0.1, 0.15) is 23.9 Å². The molecule has 0 fully saturated rings. The Hall–Kier alpha value is -3.94. The Labute approximate surface area is 174 Å². The number of esters is 1. The van der Waals surface area contributed by atoms with Crippen LogP contribution in [-0.4, -0.2) is 34.1 Å². The fourth-order valence-electron chi connectivity index (χ4n) is 3.05. The molecule has 0 saturated carbocycles. The minimum atomic E-state index is -0.543. The van der Waals surface area contributed by atoms with Crippen LogP contribution < -0.4 is 5.32 Å². The molecule has 154 valence electrons. The second-order valence-corrected chi connectivity index (χ2v) is 6.43. The number of nitro benzene ring substituents is 1. The van der Waals surface area contributed by atoms with Crippen molar-refractivity contribution in [2.45, 2.75) is 13.5 Å². The average molecular weight is 406 g/mol. The number of nitro groups is 1. The molecule has 8 heteroatoms. The summed E-state index contributed by atoms with van der Waals surface area (Å²) in [5.74, 6) is -0.115. The van der Waals surface area contributed by atoms with Gasteiger partial charge in [0.2, 0.25) is 0 Å². The largest absolute Gasteiger partial charge is 0.462 e. The van der Waals surface area contributed by atoms with Crippen LogP contribution in [-0.2, 0) is 16.1 Å². The van der Waals surface area contributed by atoms with Gasteiger partial charge in [-0.15, -0.1) is 0 Å². The molecule has 1 heterocycles. The van der Waals surface area contributed by atoms with Gasteiger partial charge in [0.1, 0.15) is 17.1 Å². The summed E-state index contributed by atoms with van der Waals surface area (Å²) in [6, 6.07) is 14.5. The van der Waals surface area contributed by atoms with E-state index in [1.807, 2.05) is 34.9 Å². The second-order valence-electron chi connectivity index (χ2n) is 6.43. The second kappa shape index (κ2) is 9.51. The maximum absolute atomic E-state index is 12.7. The summed E-state index contributed by atoms with van der Waals surface area (Å²) in [4.78, 5) is 28.0. The van der Waals surface area contributed by atoms with Crippen molar-refractivity contribution in [3.8, 4) is 0 Å². The molecule has 30 heavy (non-hydrogen) atoms. The number of carbonyl (C=O) groups is 1. The molecule has 0 atom stereocenters. The van der Waals surface area contributed by atoms with Crippen molar-refractivity contribution in [2.24, 2.45) is 0 Å². The Morgan fingerprint density at radius 3 is 2.70 bits per heavy atom. The van der Waals surface area contributed by atoms with Crippen LogP contribution in [0.2, 0.25) is 0 Å². The molecule has 8 nitrogen and oxygen atoms in total. The molecule has 0 aliphatic rings. The standard InChI is InChI=1S/C22H22N4O4/c1-3-30-22(27)18(13-17-9-10-19(23-2)20(14-17)26(28)29)21-24-11-12-25(21)15-16-7-5-4-6-8-16/h4-14,23H,3,15H2,1-2H3. The molecule has 0 aliphatic carbocycles. The Bertz CT molecular complexity index is 1070. The van der Waals surface area contributed by atoms with Gasteiger partial charge in [0.15, 0.2) is 0 Å². The monoisotopic (exact) mass is 406 g/mol. The summed E-state index contributed by atoms with van der Waals surface area (Å²) < 4.78 is 7.06. The molecule has 0 spiro atoms. The van der Waals surface area contributed by atoms with Gasteiger partial charge in [0.05, 0.1) is 11.5 Å². The van der Waals surface area contributed by atoms with Crippen molar-refractivity contribution in [1.82, 2.24) is 9.55 Å². The molecule has 2 aromatic carbocycles. The molecule has 1 aromatic heterocycles. The molecule has 0 amide bonds. The maximum Gasteiger partial charge on any atom is 0.341 e. The van der Waals surface area contributed by atoms with E-state index in [9.17, 15) is 14.9 Å². The number of carbonyl (C=O) groups excluding carboxylic acids is 1. The van der Waals surface area contributed by atoms with Crippen molar-refractivity contribution in [3.63, 3.8) is 0 Å². The molecular formula is C22H22N4O4. The third-order valence-corrected chi connectivity index (χ3v) is 4.45. The third-order valence-electron chi connectivity index (χ3n) is 4.45. The first-order valence-electron chi connectivity index (χ1n) is 9.44. The van der Waals surface area contributed by atoms with Gasteiger partial charge >= 0.3 is 5.97 Å². The molecule has 0 aliphatic heterocycles. The zero-order valence-electron chi connectivity index (χ0n) is 16.7. The molecule has 3 rings (SSSR count). The quantitative estimate of drug-likeness (QED) is 0.263. The van der Waals surface area contributed by atoms with Crippen LogP contribution in [0.4, 0.5) is 11.4 Å². The van der Waals surface area contributed by atoms with Crippen molar-refractivity contribution >= 4 is 29.0 Å². The highest BCUT2D eigenvalue weighted by molar-refractivity contribution is 6.20. The van der Waals surface area contributed by atoms with Crippen LogP contribution in [0.3, 0.4) is 0 Å². The van der Waals surface area contributed by atoms with E-state index < -0.39 is 10.9 Å². The smallest absolute Gasteiger partial charge is 0.341 e. The normalized spacial score (nSPS) is 11.2. The van der Waals surface area contributed by atoms with Gasteiger partial charge in [-0.1, -0.05) is 36.4 Å². The van der Waals surface area contributed by atoms with Gasteiger partial charge in [-0.2, -0.15) is 0 Å². The Kier molecular flexibility index (Phi) is 6.59. The van der Waals surface area contributed by atoms with Gasteiger partial charge in [-0.25, -0.2) is 9.78 Å². The van der Waals surface area contributed by atoms with Crippen molar-refractivity contribution in [2.75, 3.05) is 19.0 Å². The highest BCUT2D eigenvalue weighted by Gasteiger charge is 2.20. The average Bonchev–Trinajstić information content (AvgIpc) is 3.20. The number of aromatic nitrogens is 2. The lowest BCUT2D eigenvalue weighted by Gasteiger charge is -2.11. The lowest BCUT2D eigenvalue weighted by molar-refractivity contribution is -0.384. The molecule has 0 bridgehead atoms. The number of anilines is 1. The van der Waals surface area contributed by atoms with E-state index in [0.29, 0.717) is 23.6 Å². The van der Waals surface area contributed by atoms with Gasteiger partial charge in [-0.3, -0.25) is 10.1 Å². The molecule has 0 saturated heterocycles. The van der Waals surface area contributed by atoms with E-state index in [1.54, 1.807) is 44.6 Å². The van der Waals surface area contributed by atoms with E-state index in [0.717, 1.165) is 5.56 Å². The van der Waals surface area contributed by atoms with E-state index in [1.165, 1.54) is 6.07 Å². The minimum Gasteiger partial charge on any atom is -0.462 e. The summed E-state index contributed by atoms with van der Waals surface area (Å²) in [6.45, 7) is 2.44. The highest BCUT2D eigenvalue weighted by atomic mass is 16.6. The van der Waals surface area contributed by atoms with Crippen LogP contribution in [0.5, 0.6) is 0 Å². The van der Waals surface area contributed by atoms with Gasteiger partial charge in [0, 0.05) is 32.1 Å². The lowest BCUT2D eigenvalue weighted by atomic mass is 10.1. The van der Waals surface area contributed by atoms with Crippen LogP contribution in [0.25, 0.3) is 11.6 Å². The fraction of sp³-hybridized carbons (Fsp3) is 0.182. The summed E-state index contributed by atoms with van der Waals surface area (Å²) in [5, 5.41) is 14.2. The predicted octanol–water partition coefficient (Wildman–Crippen LogP) is 3.99. The van der Waals surface area contributed by atoms with Crippen LogP contribution in [0, 0.1) is 10.1 Å². The molecule has 0 radical (unpaired) electrons. The molecule has 1 N–H and O–H groups in total. The molecule has 3 aromatic rings. The maximum atomic E-state index is 12.7. The van der Waals surface area contributed by atoms with Gasteiger partial charge in [-0.05, 0) is 30.2 Å². The zero-order valence-corrected chi connectivity index (χ0v) is 16.7. The summed E-state index contributed by atoms with van der Waals surface area (Å²) in [5.41, 5.74) is 2.08. The number of nitrogens with zero attached hydrogens (tertiary/aromatic N) is 3. The molecular weight excluding hydrogens is 384 g/mol. The SMILES string of the molecule is CCOC(=O)C(=Cc1ccc(NC)c([N+](=O)[O-])c1)c1nccn1Cc1ccccc1. The fourth-order valence-corrected chi connectivity index (χ4v) is 3.05. The van der Waals surface area contributed by atoms with E-state index in [2.05, 4.69) is 10.3 Å². The van der Waals surface area contributed by atoms with Crippen LogP contribution >= 0.6 is 0 Å². The number of hydrogen-bond donors (Lipinski definition) is 1. The summed E-state index contributed by atoms with van der Waals surface area (Å²) in [6.07, 6.45) is 4.95. The highest BCUT2D eigenvalue weighted by Crippen LogP contribution is 2.28. The first-order chi connectivity index (χ1) is 14.5. The number of nitrogens with one attached hydrogen (secondary N) is 1.